The number of ether oxygens (including phenoxy) is 2. The molecule has 1 aromatic heterocycles. The average Bonchev–Trinajstić information content (AvgIpc) is 3.23. The number of hydrogen-bond donors (Lipinski definition) is 2. The van der Waals surface area contributed by atoms with Crippen molar-refractivity contribution in [3.63, 3.8) is 0 Å². The second kappa shape index (κ2) is 6.67. The van der Waals surface area contributed by atoms with Crippen LogP contribution in [-0.2, 0) is 4.79 Å². The first-order valence-corrected chi connectivity index (χ1v) is 10.4. The number of amides is 1. The molecule has 1 atom stereocenters. The summed E-state index contributed by atoms with van der Waals surface area (Å²) in [6.07, 6.45) is 5.57. The molecule has 0 unspecified atom stereocenters. The van der Waals surface area contributed by atoms with Gasteiger partial charge in [-0.05, 0) is 30.5 Å². The van der Waals surface area contributed by atoms with E-state index in [9.17, 15) is 9.59 Å². The van der Waals surface area contributed by atoms with Gasteiger partial charge in [-0.2, -0.15) is 0 Å². The van der Waals surface area contributed by atoms with Crippen LogP contribution in [0.2, 0.25) is 0 Å². The summed E-state index contributed by atoms with van der Waals surface area (Å²) >= 11 is 1.47. The van der Waals surface area contributed by atoms with Crippen LogP contribution >= 0.6 is 11.8 Å². The molecule has 2 aromatic rings. The van der Waals surface area contributed by atoms with E-state index in [0.29, 0.717) is 28.6 Å². The third-order valence-corrected chi connectivity index (χ3v) is 6.77. The van der Waals surface area contributed by atoms with E-state index in [2.05, 4.69) is 10.4 Å². The number of H-pyrrole nitrogens is 1. The number of anilines is 1. The number of nitrogens with zero attached hydrogens (tertiary/aromatic N) is 1. The molecule has 2 N–H and O–H groups in total. The first kappa shape index (κ1) is 16.8. The molecule has 0 radical (unpaired) electrons. The Kier molecular flexibility index (Phi) is 4.15. The van der Waals surface area contributed by atoms with Crippen molar-refractivity contribution in [1.82, 2.24) is 9.78 Å². The van der Waals surface area contributed by atoms with Gasteiger partial charge in [0.05, 0.1) is 22.6 Å². The molecule has 1 aliphatic carbocycles. The van der Waals surface area contributed by atoms with Crippen LogP contribution in [0.25, 0.3) is 0 Å². The van der Waals surface area contributed by atoms with Crippen LogP contribution in [0.3, 0.4) is 0 Å². The predicted molar refractivity (Wildman–Crippen MR) is 103 cm³/mol. The van der Waals surface area contributed by atoms with Gasteiger partial charge in [-0.25, -0.2) is 0 Å². The molecule has 3 heterocycles. The quantitative estimate of drug-likeness (QED) is 0.827. The van der Waals surface area contributed by atoms with Crippen molar-refractivity contribution in [3.05, 3.63) is 39.7 Å². The van der Waals surface area contributed by atoms with Gasteiger partial charge in [0.1, 0.15) is 5.82 Å². The maximum Gasteiger partial charge on any atom is 0.270 e. The summed E-state index contributed by atoms with van der Waals surface area (Å²) in [4.78, 5) is 25.3. The van der Waals surface area contributed by atoms with Crippen LogP contribution in [0.5, 0.6) is 11.5 Å². The molecule has 1 saturated carbocycles. The highest BCUT2D eigenvalue weighted by Crippen LogP contribution is 2.44. The molecule has 27 heavy (non-hydrogen) atoms. The van der Waals surface area contributed by atoms with Crippen molar-refractivity contribution in [2.24, 2.45) is 0 Å². The number of thioether (sulfide) groups is 1. The zero-order chi connectivity index (χ0) is 18.4. The van der Waals surface area contributed by atoms with Crippen LogP contribution in [0.4, 0.5) is 5.82 Å². The van der Waals surface area contributed by atoms with E-state index in [1.54, 1.807) is 0 Å². The molecule has 3 aliphatic rings. The molecule has 8 heteroatoms. The topological polar surface area (TPSA) is 85.3 Å². The van der Waals surface area contributed by atoms with Crippen molar-refractivity contribution < 1.29 is 14.3 Å². The van der Waals surface area contributed by atoms with Crippen LogP contribution < -0.4 is 20.3 Å². The number of aromatic amines is 1. The predicted octanol–water partition coefficient (Wildman–Crippen LogP) is 3.18. The highest BCUT2D eigenvalue weighted by Gasteiger charge is 2.33. The number of rotatable bonds is 2. The highest BCUT2D eigenvalue weighted by molar-refractivity contribution is 8.00. The fourth-order valence-electron chi connectivity index (χ4n) is 4.20. The Labute approximate surface area is 160 Å². The zero-order valence-electron chi connectivity index (χ0n) is 14.8. The minimum Gasteiger partial charge on any atom is -0.454 e. The fraction of sp³-hybridized carbons (Fsp3) is 0.474. The summed E-state index contributed by atoms with van der Waals surface area (Å²) in [6.45, 7) is 0.209. The molecular weight excluding hydrogens is 366 g/mol. The van der Waals surface area contributed by atoms with Crippen molar-refractivity contribution in [2.75, 3.05) is 17.9 Å². The maximum atomic E-state index is 12.9. The minimum atomic E-state index is -0.234. The van der Waals surface area contributed by atoms with Crippen molar-refractivity contribution in [2.45, 2.75) is 43.4 Å². The van der Waals surface area contributed by atoms with Crippen LogP contribution in [0.1, 0.15) is 54.5 Å². The summed E-state index contributed by atoms with van der Waals surface area (Å²) in [7, 11) is 0. The van der Waals surface area contributed by atoms with E-state index >= 15 is 0 Å². The van der Waals surface area contributed by atoms with Gasteiger partial charge < -0.3 is 14.8 Å². The lowest BCUT2D eigenvalue weighted by atomic mass is 9.95. The van der Waals surface area contributed by atoms with Gasteiger partial charge in [0.2, 0.25) is 12.7 Å². The minimum absolute atomic E-state index is 0.0759. The second-order valence-electron chi connectivity index (χ2n) is 7.22. The molecule has 5 rings (SSSR count). The third kappa shape index (κ3) is 2.92. The van der Waals surface area contributed by atoms with Crippen molar-refractivity contribution in [3.8, 4) is 11.5 Å². The average molecular weight is 387 g/mol. The maximum absolute atomic E-state index is 12.9. The Hall–Kier alpha value is -2.35. The number of carbonyl (C=O) groups is 1. The lowest BCUT2D eigenvalue weighted by Gasteiger charge is -2.24. The normalized spacial score (nSPS) is 22.2. The van der Waals surface area contributed by atoms with E-state index in [1.807, 2.05) is 22.9 Å². The third-order valence-electron chi connectivity index (χ3n) is 5.50. The van der Waals surface area contributed by atoms with E-state index in [4.69, 9.17) is 9.47 Å². The molecule has 0 bridgehead atoms. The molecule has 1 fully saturated rings. The molecule has 1 amide bonds. The second-order valence-corrected chi connectivity index (χ2v) is 8.31. The zero-order valence-corrected chi connectivity index (χ0v) is 15.6. The number of carbonyl (C=O) groups excluding carboxylic acids is 1. The van der Waals surface area contributed by atoms with E-state index in [-0.39, 0.29) is 29.6 Å². The van der Waals surface area contributed by atoms with Crippen LogP contribution in [0.15, 0.2) is 23.0 Å². The summed E-state index contributed by atoms with van der Waals surface area (Å²) in [5.74, 6) is 2.25. The van der Waals surface area contributed by atoms with E-state index in [1.165, 1.54) is 18.2 Å². The van der Waals surface area contributed by atoms with Gasteiger partial charge in [0, 0.05) is 0 Å². The lowest BCUT2D eigenvalue weighted by molar-refractivity contribution is -0.113. The van der Waals surface area contributed by atoms with Gasteiger partial charge in [-0.15, -0.1) is 11.8 Å². The lowest BCUT2D eigenvalue weighted by Crippen LogP contribution is -2.21. The molecule has 0 spiro atoms. The van der Waals surface area contributed by atoms with Gasteiger partial charge >= 0.3 is 0 Å². The molecule has 1 aromatic carbocycles. The smallest absolute Gasteiger partial charge is 0.270 e. The summed E-state index contributed by atoms with van der Waals surface area (Å²) in [6, 6.07) is 5.96. The number of nitrogens with one attached hydrogen (secondary N) is 2. The van der Waals surface area contributed by atoms with E-state index < -0.39 is 0 Å². The van der Waals surface area contributed by atoms with Crippen LogP contribution in [0, 0.1) is 0 Å². The molecular formula is C19H21N3O4S. The number of hydrogen-bond acceptors (Lipinski definition) is 5. The van der Waals surface area contributed by atoms with Gasteiger partial charge in [-0.3, -0.25) is 19.4 Å². The Morgan fingerprint density at radius 3 is 2.74 bits per heavy atom. The first-order valence-electron chi connectivity index (χ1n) is 9.36. The summed E-state index contributed by atoms with van der Waals surface area (Å²) in [5.41, 5.74) is 1.43. The monoisotopic (exact) mass is 387 g/mol. The number of fused-ring (bicyclic) bond motifs is 2. The Balaban J connectivity index is 1.60. The van der Waals surface area contributed by atoms with Crippen molar-refractivity contribution in [1.29, 1.82) is 0 Å². The van der Waals surface area contributed by atoms with E-state index in [0.717, 1.165) is 31.2 Å². The Bertz CT molecular complexity index is 945. The highest BCUT2D eigenvalue weighted by atomic mass is 32.2. The van der Waals surface area contributed by atoms with Gasteiger partial charge in [-0.1, -0.05) is 25.3 Å². The fourth-order valence-corrected chi connectivity index (χ4v) is 5.31. The van der Waals surface area contributed by atoms with Gasteiger partial charge in [0.15, 0.2) is 11.5 Å². The Morgan fingerprint density at radius 2 is 1.89 bits per heavy atom. The summed E-state index contributed by atoms with van der Waals surface area (Å²) in [5, 5.41) is 5.75. The molecule has 0 saturated heterocycles. The standard InChI is InChI=1S/C19H21N3O4S/c23-15-9-27-17(11-6-7-13-14(8-11)26-10-25-13)16-18(20-15)22(21-19(16)24)12-4-2-1-3-5-12/h6-8,12,17H,1-5,9-10H2,(H,20,23)(H,21,24)/t17-/m1/s1. The first-order chi connectivity index (χ1) is 13.2. The number of benzene rings is 1. The molecule has 142 valence electrons. The molecule has 7 nitrogen and oxygen atoms in total. The van der Waals surface area contributed by atoms with Gasteiger partial charge in [0.25, 0.3) is 5.56 Å². The SMILES string of the molecule is O=C1CS[C@H](c2ccc3c(c2)OCO3)c2c(n(C3CCCCC3)[nH]c2=O)N1. The summed E-state index contributed by atoms with van der Waals surface area (Å²) < 4.78 is 12.8. The van der Waals surface area contributed by atoms with Crippen LogP contribution in [-0.4, -0.2) is 28.2 Å². The van der Waals surface area contributed by atoms with Crippen molar-refractivity contribution >= 4 is 23.5 Å². The largest absolute Gasteiger partial charge is 0.454 e. The Morgan fingerprint density at radius 1 is 1.07 bits per heavy atom. The molecule has 2 aliphatic heterocycles. The number of aromatic nitrogens is 2.